The van der Waals surface area contributed by atoms with Crippen LogP contribution in [0.5, 0.6) is 0 Å². The third-order valence-electron chi connectivity index (χ3n) is 6.59. The van der Waals surface area contributed by atoms with E-state index >= 15 is 0 Å². The number of carbonyl (C=O) groups excluding carboxylic acids is 1. The number of aliphatic hydroxyl groups excluding tert-OH is 1. The molecular formula is C31H60O4. The highest BCUT2D eigenvalue weighted by Gasteiger charge is 2.13. The molecule has 0 amide bonds. The zero-order valence-corrected chi connectivity index (χ0v) is 23.6. The van der Waals surface area contributed by atoms with Crippen LogP contribution in [0.2, 0.25) is 0 Å². The summed E-state index contributed by atoms with van der Waals surface area (Å²) in [4.78, 5) is 12.0. The number of hydrogen-bond acceptors (Lipinski definition) is 4. The van der Waals surface area contributed by atoms with Crippen LogP contribution in [-0.2, 0) is 14.3 Å². The van der Waals surface area contributed by atoms with E-state index in [9.17, 15) is 9.90 Å². The van der Waals surface area contributed by atoms with Crippen molar-refractivity contribution in [2.75, 3.05) is 19.8 Å². The van der Waals surface area contributed by atoms with Crippen LogP contribution in [0.3, 0.4) is 0 Å². The molecular weight excluding hydrogens is 436 g/mol. The topological polar surface area (TPSA) is 55.8 Å². The molecule has 1 unspecified atom stereocenters. The first-order valence-electron chi connectivity index (χ1n) is 15.3. The van der Waals surface area contributed by atoms with Crippen molar-refractivity contribution < 1.29 is 19.4 Å². The van der Waals surface area contributed by atoms with Gasteiger partial charge in [-0.3, -0.25) is 4.79 Å². The predicted octanol–water partition coefficient (Wildman–Crippen LogP) is 9.09. The molecule has 1 atom stereocenters. The van der Waals surface area contributed by atoms with Crippen LogP contribution in [0.15, 0.2) is 12.2 Å². The Morgan fingerprint density at radius 3 is 1.63 bits per heavy atom. The van der Waals surface area contributed by atoms with Gasteiger partial charge in [-0.2, -0.15) is 0 Å². The minimum absolute atomic E-state index is 0.170. The van der Waals surface area contributed by atoms with Crippen LogP contribution >= 0.6 is 0 Å². The minimum Gasteiger partial charge on any atom is -0.457 e. The van der Waals surface area contributed by atoms with Gasteiger partial charge in [-0.1, -0.05) is 122 Å². The SMILES string of the molecule is CCCCCCCC/C=C\CCCCCCCCCC(=O)OC(CO)COCCCCCCCC. The average Bonchev–Trinajstić information content (AvgIpc) is 2.86. The van der Waals surface area contributed by atoms with E-state index in [1.54, 1.807) is 0 Å². The van der Waals surface area contributed by atoms with Gasteiger partial charge in [-0.15, -0.1) is 0 Å². The Hall–Kier alpha value is -0.870. The maximum absolute atomic E-state index is 12.0. The van der Waals surface area contributed by atoms with Crippen molar-refractivity contribution in [3.05, 3.63) is 12.2 Å². The predicted molar refractivity (Wildman–Crippen MR) is 150 cm³/mol. The molecule has 0 heterocycles. The molecule has 0 bridgehead atoms. The summed E-state index contributed by atoms with van der Waals surface area (Å²) in [6, 6.07) is 0. The highest BCUT2D eigenvalue weighted by molar-refractivity contribution is 5.69. The molecule has 0 aliphatic rings. The largest absolute Gasteiger partial charge is 0.457 e. The van der Waals surface area contributed by atoms with Crippen LogP contribution in [0.25, 0.3) is 0 Å². The van der Waals surface area contributed by atoms with Crippen LogP contribution in [-0.4, -0.2) is 37.0 Å². The standard InChI is InChI=1S/C31H60O4/c1-3-5-7-9-11-12-13-14-15-16-17-18-19-20-21-22-24-26-31(33)35-30(28-32)29-34-27-25-23-10-8-6-4-2/h14-15,30,32H,3-13,16-29H2,1-2H3/b15-14-. The second-order valence-electron chi connectivity index (χ2n) is 10.2. The fraction of sp³-hybridized carbons (Fsp3) is 0.903. The van der Waals surface area contributed by atoms with Gasteiger partial charge in [0.2, 0.25) is 0 Å². The maximum Gasteiger partial charge on any atom is 0.306 e. The van der Waals surface area contributed by atoms with Crippen LogP contribution in [0, 0.1) is 0 Å². The summed E-state index contributed by atoms with van der Waals surface area (Å²) in [6.45, 7) is 5.29. The van der Waals surface area contributed by atoms with E-state index in [1.807, 2.05) is 0 Å². The third kappa shape index (κ3) is 27.6. The second-order valence-corrected chi connectivity index (χ2v) is 10.2. The molecule has 0 rings (SSSR count). The Labute approximate surface area is 218 Å². The highest BCUT2D eigenvalue weighted by atomic mass is 16.6. The molecule has 0 fully saturated rings. The summed E-state index contributed by atoms with van der Waals surface area (Å²) >= 11 is 0. The van der Waals surface area contributed by atoms with Gasteiger partial charge in [0.15, 0.2) is 0 Å². The maximum atomic E-state index is 12.0. The van der Waals surface area contributed by atoms with E-state index < -0.39 is 6.10 Å². The van der Waals surface area contributed by atoms with E-state index in [1.165, 1.54) is 116 Å². The Bertz CT molecular complexity index is 449. The molecule has 4 nitrogen and oxygen atoms in total. The van der Waals surface area contributed by atoms with Gasteiger partial charge in [0.1, 0.15) is 6.10 Å². The summed E-state index contributed by atoms with van der Waals surface area (Å²) < 4.78 is 11.0. The number of aliphatic hydroxyl groups is 1. The van der Waals surface area contributed by atoms with Crippen molar-refractivity contribution in [3.63, 3.8) is 0 Å². The van der Waals surface area contributed by atoms with Gasteiger partial charge >= 0.3 is 5.97 Å². The van der Waals surface area contributed by atoms with Gasteiger partial charge in [-0.05, 0) is 38.5 Å². The van der Waals surface area contributed by atoms with E-state index in [4.69, 9.17) is 9.47 Å². The lowest BCUT2D eigenvalue weighted by molar-refractivity contribution is -0.154. The fourth-order valence-electron chi connectivity index (χ4n) is 4.26. The molecule has 0 radical (unpaired) electrons. The van der Waals surface area contributed by atoms with Crippen molar-refractivity contribution in [3.8, 4) is 0 Å². The normalized spacial score (nSPS) is 12.4. The molecule has 35 heavy (non-hydrogen) atoms. The molecule has 0 spiro atoms. The van der Waals surface area contributed by atoms with E-state index in [2.05, 4.69) is 26.0 Å². The summed E-state index contributed by atoms with van der Waals surface area (Å²) in [5.74, 6) is -0.208. The monoisotopic (exact) mass is 496 g/mol. The van der Waals surface area contributed by atoms with Gasteiger partial charge in [0.25, 0.3) is 0 Å². The van der Waals surface area contributed by atoms with E-state index in [-0.39, 0.29) is 12.6 Å². The first-order valence-corrected chi connectivity index (χ1v) is 15.3. The number of hydrogen-bond donors (Lipinski definition) is 1. The molecule has 0 aromatic rings. The Kier molecular flexibility index (Phi) is 28.6. The number of esters is 1. The van der Waals surface area contributed by atoms with Crippen LogP contribution in [0.4, 0.5) is 0 Å². The van der Waals surface area contributed by atoms with Crippen molar-refractivity contribution in [2.45, 2.75) is 161 Å². The zero-order valence-electron chi connectivity index (χ0n) is 23.6. The molecule has 1 N–H and O–H groups in total. The average molecular weight is 497 g/mol. The third-order valence-corrected chi connectivity index (χ3v) is 6.59. The number of unbranched alkanes of at least 4 members (excludes halogenated alkanes) is 18. The lowest BCUT2D eigenvalue weighted by Crippen LogP contribution is -2.27. The van der Waals surface area contributed by atoms with E-state index in [0.717, 1.165) is 19.3 Å². The number of rotatable bonds is 28. The zero-order chi connectivity index (χ0) is 25.7. The van der Waals surface area contributed by atoms with Crippen LogP contribution < -0.4 is 0 Å². The first kappa shape index (κ1) is 34.1. The summed E-state index contributed by atoms with van der Waals surface area (Å²) in [6.07, 6.45) is 31.0. The minimum atomic E-state index is -0.526. The second kappa shape index (κ2) is 29.4. The Morgan fingerprint density at radius 2 is 1.11 bits per heavy atom. The fourth-order valence-corrected chi connectivity index (χ4v) is 4.26. The number of carbonyl (C=O) groups is 1. The molecule has 0 aromatic heterocycles. The quantitative estimate of drug-likeness (QED) is 0.0666. The van der Waals surface area contributed by atoms with Gasteiger partial charge < -0.3 is 14.6 Å². The molecule has 0 aliphatic heterocycles. The smallest absolute Gasteiger partial charge is 0.306 e. The van der Waals surface area contributed by atoms with Crippen LogP contribution in [0.1, 0.15) is 155 Å². The molecule has 208 valence electrons. The van der Waals surface area contributed by atoms with Gasteiger partial charge in [-0.25, -0.2) is 0 Å². The van der Waals surface area contributed by atoms with Gasteiger partial charge in [0.05, 0.1) is 13.2 Å². The summed E-state index contributed by atoms with van der Waals surface area (Å²) in [5, 5.41) is 9.43. The lowest BCUT2D eigenvalue weighted by Gasteiger charge is -2.15. The van der Waals surface area contributed by atoms with Crippen molar-refractivity contribution in [1.29, 1.82) is 0 Å². The lowest BCUT2D eigenvalue weighted by atomic mass is 10.1. The summed E-state index contributed by atoms with van der Waals surface area (Å²) in [5.41, 5.74) is 0. The first-order chi connectivity index (χ1) is 17.2. The molecule has 0 saturated heterocycles. The molecule has 0 aliphatic carbocycles. The highest BCUT2D eigenvalue weighted by Crippen LogP contribution is 2.12. The number of ether oxygens (including phenoxy) is 2. The van der Waals surface area contributed by atoms with E-state index in [0.29, 0.717) is 19.6 Å². The molecule has 4 heteroatoms. The number of allylic oxidation sites excluding steroid dienone is 2. The summed E-state index contributed by atoms with van der Waals surface area (Å²) in [7, 11) is 0. The van der Waals surface area contributed by atoms with Crippen molar-refractivity contribution in [1.82, 2.24) is 0 Å². The van der Waals surface area contributed by atoms with Gasteiger partial charge in [0, 0.05) is 13.0 Å². The Morgan fingerprint density at radius 1 is 0.657 bits per heavy atom. The van der Waals surface area contributed by atoms with Crippen molar-refractivity contribution >= 4 is 5.97 Å². The Balaban J connectivity index is 3.42. The molecule has 0 saturated carbocycles. The van der Waals surface area contributed by atoms with Crippen molar-refractivity contribution in [2.24, 2.45) is 0 Å². The molecule has 0 aromatic carbocycles.